The lowest BCUT2D eigenvalue weighted by molar-refractivity contribution is -0.122. The topological polar surface area (TPSA) is 62.3 Å². The van der Waals surface area contributed by atoms with Crippen molar-refractivity contribution >= 4 is 23.2 Å². The van der Waals surface area contributed by atoms with E-state index in [1.54, 1.807) is 28.4 Å². The Bertz CT molecular complexity index is 849. The van der Waals surface area contributed by atoms with E-state index in [1.807, 2.05) is 5.38 Å². The van der Waals surface area contributed by atoms with E-state index in [1.165, 1.54) is 12.1 Å². The van der Waals surface area contributed by atoms with Crippen LogP contribution >= 0.6 is 11.3 Å². The van der Waals surface area contributed by atoms with Gasteiger partial charge in [-0.25, -0.2) is 9.37 Å². The number of rotatable bonds is 5. The molecule has 4 rings (SSSR count). The highest BCUT2D eigenvalue weighted by molar-refractivity contribution is 7.09. The zero-order valence-corrected chi connectivity index (χ0v) is 15.8. The number of amides is 2. The fourth-order valence-electron chi connectivity index (χ4n) is 3.43. The van der Waals surface area contributed by atoms with E-state index in [9.17, 15) is 14.0 Å². The van der Waals surface area contributed by atoms with Gasteiger partial charge >= 0.3 is 0 Å². The molecule has 1 atom stereocenters. The Balaban J connectivity index is 1.38. The molecule has 142 valence electrons. The molecule has 1 aliphatic heterocycles. The van der Waals surface area contributed by atoms with E-state index < -0.39 is 5.82 Å². The molecule has 5 nitrogen and oxygen atoms in total. The van der Waals surface area contributed by atoms with E-state index in [2.05, 4.69) is 10.3 Å². The van der Waals surface area contributed by atoms with Crippen LogP contribution in [0, 0.1) is 11.7 Å². The summed E-state index contributed by atoms with van der Waals surface area (Å²) < 4.78 is 13.4. The lowest BCUT2D eigenvalue weighted by Gasteiger charge is -2.32. The number of likely N-dealkylation sites (tertiary alicyclic amines) is 1. The summed E-state index contributed by atoms with van der Waals surface area (Å²) in [5.74, 6) is -0.0213. The van der Waals surface area contributed by atoms with Gasteiger partial charge in [-0.2, -0.15) is 0 Å². The van der Waals surface area contributed by atoms with Gasteiger partial charge in [0.1, 0.15) is 5.82 Å². The summed E-state index contributed by atoms with van der Waals surface area (Å²) in [6.07, 6.45) is 3.87. The number of carbonyl (C=O) groups is 2. The van der Waals surface area contributed by atoms with Crippen LogP contribution < -0.4 is 5.32 Å². The second kappa shape index (κ2) is 7.76. The first-order chi connectivity index (χ1) is 13.1. The summed E-state index contributed by atoms with van der Waals surface area (Å²) in [7, 11) is 0. The maximum absolute atomic E-state index is 13.4. The van der Waals surface area contributed by atoms with Crippen LogP contribution in [-0.4, -0.2) is 34.8 Å². The maximum atomic E-state index is 13.4. The van der Waals surface area contributed by atoms with Gasteiger partial charge in [0.25, 0.3) is 5.91 Å². The molecule has 2 amide bonds. The molecule has 1 saturated heterocycles. The fourth-order valence-corrected chi connectivity index (χ4v) is 4.37. The summed E-state index contributed by atoms with van der Waals surface area (Å²) in [4.78, 5) is 30.9. The molecular formula is C20H22FN3O2S. The Kier molecular flexibility index (Phi) is 5.20. The van der Waals surface area contributed by atoms with Crippen molar-refractivity contribution in [2.45, 2.75) is 38.1 Å². The first-order valence-electron chi connectivity index (χ1n) is 9.37. The van der Waals surface area contributed by atoms with Crippen LogP contribution in [0.5, 0.6) is 0 Å². The first kappa shape index (κ1) is 18.1. The Hall–Kier alpha value is -2.28. The number of thiazole rings is 1. The molecule has 0 spiro atoms. The number of hydrogen-bond donors (Lipinski definition) is 1. The quantitative estimate of drug-likeness (QED) is 0.856. The lowest BCUT2D eigenvalue weighted by Crippen LogP contribution is -2.39. The summed E-state index contributed by atoms with van der Waals surface area (Å²) in [6, 6.07) is 5.84. The number of nitrogens with one attached hydrogen (secondary N) is 1. The Morgan fingerprint density at radius 2 is 2.15 bits per heavy atom. The standard InChI is InChI=1S/C20H22FN3O2S/c21-16-5-1-3-14(9-16)20(26)24-8-2-4-15(11-24)19-23-17(12-27-19)10-22-18(25)13-6-7-13/h1,3,5,9,12-13,15H,2,4,6-8,10-11H2,(H,22,25)/t15-/m1/s1. The number of halogens is 1. The highest BCUT2D eigenvalue weighted by atomic mass is 32.1. The molecule has 27 heavy (non-hydrogen) atoms. The minimum atomic E-state index is -0.396. The van der Waals surface area contributed by atoms with E-state index in [4.69, 9.17) is 0 Å². The summed E-state index contributed by atoms with van der Waals surface area (Å²) >= 11 is 1.58. The zero-order chi connectivity index (χ0) is 18.8. The van der Waals surface area contributed by atoms with E-state index in [-0.39, 0.29) is 23.7 Å². The molecule has 1 aromatic heterocycles. The Morgan fingerprint density at radius 3 is 2.93 bits per heavy atom. The van der Waals surface area contributed by atoms with Crippen molar-refractivity contribution in [3.63, 3.8) is 0 Å². The summed E-state index contributed by atoms with van der Waals surface area (Å²) in [5.41, 5.74) is 1.26. The monoisotopic (exact) mass is 387 g/mol. The number of piperidine rings is 1. The minimum absolute atomic E-state index is 0.120. The Labute approximate surface area is 161 Å². The van der Waals surface area contributed by atoms with Crippen LogP contribution in [0.25, 0.3) is 0 Å². The molecule has 2 aliphatic rings. The van der Waals surface area contributed by atoms with Crippen molar-refractivity contribution in [3.8, 4) is 0 Å². The molecule has 1 saturated carbocycles. The normalized spacial score (nSPS) is 19.7. The second-order valence-corrected chi connectivity index (χ2v) is 8.16. The van der Waals surface area contributed by atoms with Crippen LogP contribution in [-0.2, 0) is 11.3 Å². The molecule has 1 aromatic carbocycles. The molecular weight excluding hydrogens is 365 g/mol. The van der Waals surface area contributed by atoms with Crippen LogP contribution in [0.4, 0.5) is 4.39 Å². The number of aromatic nitrogens is 1. The third-order valence-electron chi connectivity index (χ3n) is 5.09. The van der Waals surface area contributed by atoms with Crippen molar-refractivity contribution in [3.05, 3.63) is 51.7 Å². The fraction of sp³-hybridized carbons (Fsp3) is 0.450. The third kappa shape index (κ3) is 4.35. The van der Waals surface area contributed by atoms with Crippen molar-refractivity contribution in [2.24, 2.45) is 5.92 Å². The van der Waals surface area contributed by atoms with Gasteiger partial charge in [0, 0.05) is 35.9 Å². The minimum Gasteiger partial charge on any atom is -0.350 e. The van der Waals surface area contributed by atoms with Crippen LogP contribution in [0.3, 0.4) is 0 Å². The average molecular weight is 387 g/mol. The highest BCUT2D eigenvalue weighted by Gasteiger charge is 2.30. The smallest absolute Gasteiger partial charge is 0.253 e. The molecule has 2 fully saturated rings. The second-order valence-electron chi connectivity index (χ2n) is 7.27. The third-order valence-corrected chi connectivity index (χ3v) is 6.15. The number of nitrogens with zero attached hydrogens (tertiary/aromatic N) is 2. The van der Waals surface area contributed by atoms with Gasteiger partial charge in [-0.15, -0.1) is 11.3 Å². The van der Waals surface area contributed by atoms with E-state index >= 15 is 0 Å². The first-order valence-corrected chi connectivity index (χ1v) is 10.2. The largest absolute Gasteiger partial charge is 0.350 e. The van der Waals surface area contributed by atoms with E-state index in [0.717, 1.165) is 36.4 Å². The molecule has 2 aromatic rings. The predicted molar refractivity (Wildman–Crippen MR) is 101 cm³/mol. The number of hydrogen-bond acceptors (Lipinski definition) is 4. The molecule has 1 aliphatic carbocycles. The van der Waals surface area contributed by atoms with E-state index in [0.29, 0.717) is 25.2 Å². The summed E-state index contributed by atoms with van der Waals surface area (Å²) in [5, 5.41) is 5.92. The van der Waals surface area contributed by atoms with Crippen molar-refractivity contribution in [2.75, 3.05) is 13.1 Å². The van der Waals surface area contributed by atoms with Gasteiger partial charge in [-0.05, 0) is 43.9 Å². The van der Waals surface area contributed by atoms with Crippen molar-refractivity contribution < 1.29 is 14.0 Å². The van der Waals surface area contributed by atoms with Gasteiger partial charge in [0.05, 0.1) is 17.2 Å². The summed E-state index contributed by atoms with van der Waals surface area (Å²) in [6.45, 7) is 1.74. The highest BCUT2D eigenvalue weighted by Crippen LogP contribution is 2.31. The zero-order valence-electron chi connectivity index (χ0n) is 15.0. The van der Waals surface area contributed by atoms with Gasteiger partial charge in [0.2, 0.25) is 5.91 Å². The molecule has 0 unspecified atom stereocenters. The van der Waals surface area contributed by atoms with Gasteiger partial charge in [-0.1, -0.05) is 6.07 Å². The average Bonchev–Trinajstić information content (AvgIpc) is 3.43. The molecule has 1 N–H and O–H groups in total. The van der Waals surface area contributed by atoms with Crippen LogP contribution in [0.2, 0.25) is 0 Å². The van der Waals surface area contributed by atoms with Gasteiger partial charge < -0.3 is 10.2 Å². The number of benzene rings is 1. The predicted octanol–water partition coefficient (Wildman–Crippen LogP) is 3.33. The maximum Gasteiger partial charge on any atom is 0.253 e. The molecule has 7 heteroatoms. The van der Waals surface area contributed by atoms with Crippen LogP contribution in [0.1, 0.15) is 52.7 Å². The van der Waals surface area contributed by atoms with Crippen molar-refractivity contribution in [1.29, 1.82) is 0 Å². The number of carbonyl (C=O) groups excluding carboxylic acids is 2. The van der Waals surface area contributed by atoms with Crippen LogP contribution in [0.15, 0.2) is 29.6 Å². The Morgan fingerprint density at radius 1 is 1.30 bits per heavy atom. The molecule has 2 heterocycles. The molecule has 0 radical (unpaired) electrons. The van der Waals surface area contributed by atoms with Crippen molar-refractivity contribution in [1.82, 2.24) is 15.2 Å². The lowest BCUT2D eigenvalue weighted by atomic mass is 9.98. The molecule has 0 bridgehead atoms. The van der Waals surface area contributed by atoms with Gasteiger partial charge in [0.15, 0.2) is 0 Å². The van der Waals surface area contributed by atoms with Gasteiger partial charge in [-0.3, -0.25) is 9.59 Å². The SMILES string of the molecule is O=C(NCc1csc([C@@H]2CCCN(C(=O)c3cccc(F)c3)C2)n1)C1CC1.